The lowest BCUT2D eigenvalue weighted by atomic mass is 9.92. The van der Waals surface area contributed by atoms with E-state index >= 15 is 0 Å². The summed E-state index contributed by atoms with van der Waals surface area (Å²) in [4.78, 5) is 10.8. The number of alkyl halides is 2. The Balaban J connectivity index is 1.91. The number of rotatable bonds is 3. The highest BCUT2D eigenvalue weighted by molar-refractivity contribution is 5.70. The molecule has 1 heterocycles. The van der Waals surface area contributed by atoms with Crippen LogP contribution in [-0.2, 0) is 10.2 Å². The van der Waals surface area contributed by atoms with Crippen LogP contribution in [0.4, 0.5) is 8.78 Å². The summed E-state index contributed by atoms with van der Waals surface area (Å²) >= 11 is 0. The van der Waals surface area contributed by atoms with E-state index in [2.05, 4.69) is 9.47 Å². The Morgan fingerprint density at radius 1 is 1.28 bits per heavy atom. The number of carbonyl (C=O) groups is 1. The fourth-order valence-electron chi connectivity index (χ4n) is 2.29. The van der Waals surface area contributed by atoms with Gasteiger partial charge in [0.2, 0.25) is 0 Å². The van der Waals surface area contributed by atoms with Crippen molar-refractivity contribution in [2.24, 2.45) is 0 Å². The Labute approximate surface area is 101 Å². The van der Waals surface area contributed by atoms with Gasteiger partial charge in [-0.2, -0.15) is 0 Å². The second kappa shape index (κ2) is 3.34. The van der Waals surface area contributed by atoms with E-state index in [-0.39, 0.29) is 17.9 Å². The van der Waals surface area contributed by atoms with Gasteiger partial charge in [-0.05, 0) is 30.5 Å². The van der Waals surface area contributed by atoms with Crippen LogP contribution in [-0.4, -0.2) is 17.4 Å². The Morgan fingerprint density at radius 3 is 2.56 bits per heavy atom. The Morgan fingerprint density at radius 2 is 1.94 bits per heavy atom. The van der Waals surface area contributed by atoms with E-state index in [1.807, 2.05) is 0 Å². The predicted octanol–water partition coefficient (Wildman–Crippen LogP) is 2.51. The number of benzene rings is 1. The smallest absolute Gasteiger partial charge is 0.481 e. The zero-order valence-corrected chi connectivity index (χ0v) is 9.28. The van der Waals surface area contributed by atoms with Crippen molar-refractivity contribution in [3.63, 3.8) is 0 Å². The minimum atomic E-state index is -3.63. The fraction of sp³-hybridized carbons (Fsp3) is 0.417. The number of hydrogen-bond acceptors (Lipinski definition) is 3. The number of carboxylic acid groups (broad SMARTS) is 1. The van der Waals surface area contributed by atoms with Crippen LogP contribution >= 0.6 is 0 Å². The van der Waals surface area contributed by atoms with Gasteiger partial charge < -0.3 is 14.6 Å². The molecule has 96 valence electrons. The fourth-order valence-corrected chi connectivity index (χ4v) is 2.29. The molecule has 0 amide bonds. The third-order valence-electron chi connectivity index (χ3n) is 3.36. The van der Waals surface area contributed by atoms with Crippen molar-refractivity contribution in [2.45, 2.75) is 31.0 Å². The molecule has 0 bridgehead atoms. The third-order valence-corrected chi connectivity index (χ3v) is 3.36. The molecule has 1 saturated carbocycles. The molecule has 4 nitrogen and oxygen atoms in total. The van der Waals surface area contributed by atoms with Gasteiger partial charge in [0.05, 0.1) is 6.42 Å². The molecule has 0 radical (unpaired) electrons. The molecular formula is C12H10F2O4. The van der Waals surface area contributed by atoms with Crippen molar-refractivity contribution in [3.8, 4) is 11.5 Å². The SMILES string of the molecule is O=C(O)CC1(c2ccc3c(c2)OC(F)(F)O3)CC1. The van der Waals surface area contributed by atoms with E-state index in [4.69, 9.17) is 5.11 Å². The van der Waals surface area contributed by atoms with Gasteiger partial charge in [-0.15, -0.1) is 8.78 Å². The van der Waals surface area contributed by atoms with Crippen LogP contribution < -0.4 is 9.47 Å². The van der Waals surface area contributed by atoms with Crippen molar-refractivity contribution < 1.29 is 28.2 Å². The minimum Gasteiger partial charge on any atom is -0.481 e. The van der Waals surface area contributed by atoms with Crippen molar-refractivity contribution in [1.82, 2.24) is 0 Å². The molecule has 0 spiro atoms. The third kappa shape index (κ3) is 1.77. The van der Waals surface area contributed by atoms with Gasteiger partial charge >= 0.3 is 12.3 Å². The van der Waals surface area contributed by atoms with Crippen molar-refractivity contribution in [1.29, 1.82) is 0 Å². The lowest BCUT2D eigenvalue weighted by Crippen LogP contribution is -2.25. The van der Waals surface area contributed by atoms with E-state index in [9.17, 15) is 13.6 Å². The molecule has 1 aromatic carbocycles. The molecule has 0 aromatic heterocycles. The van der Waals surface area contributed by atoms with Crippen LogP contribution in [0, 0.1) is 0 Å². The Bertz CT molecular complexity index is 523. The first-order valence-electron chi connectivity index (χ1n) is 5.52. The quantitative estimate of drug-likeness (QED) is 0.902. The zero-order chi connectivity index (χ0) is 13.0. The van der Waals surface area contributed by atoms with Gasteiger partial charge in [-0.25, -0.2) is 0 Å². The first kappa shape index (κ1) is 11.3. The second-order valence-corrected chi connectivity index (χ2v) is 4.68. The molecule has 1 aliphatic carbocycles. The van der Waals surface area contributed by atoms with Crippen LogP contribution in [0.25, 0.3) is 0 Å². The molecule has 6 heteroatoms. The topological polar surface area (TPSA) is 55.8 Å². The molecule has 0 saturated heterocycles. The van der Waals surface area contributed by atoms with Crippen LogP contribution in [0.2, 0.25) is 0 Å². The first-order chi connectivity index (χ1) is 8.40. The molecular weight excluding hydrogens is 246 g/mol. The summed E-state index contributed by atoms with van der Waals surface area (Å²) < 4.78 is 34.4. The average molecular weight is 256 g/mol. The summed E-state index contributed by atoms with van der Waals surface area (Å²) in [6, 6.07) is 4.47. The van der Waals surface area contributed by atoms with E-state index < -0.39 is 17.7 Å². The Kier molecular flexibility index (Phi) is 2.09. The summed E-state index contributed by atoms with van der Waals surface area (Å²) in [6.07, 6.45) is -2.14. The van der Waals surface area contributed by atoms with Gasteiger partial charge in [0.15, 0.2) is 11.5 Å². The number of hydrogen-bond donors (Lipinski definition) is 1. The molecule has 1 fully saturated rings. The van der Waals surface area contributed by atoms with Crippen LogP contribution in [0.5, 0.6) is 11.5 Å². The van der Waals surface area contributed by atoms with Crippen LogP contribution in [0.1, 0.15) is 24.8 Å². The summed E-state index contributed by atoms with van der Waals surface area (Å²) in [6.45, 7) is 0. The highest BCUT2D eigenvalue weighted by atomic mass is 19.3. The maximum atomic E-state index is 12.9. The van der Waals surface area contributed by atoms with Gasteiger partial charge in [0.1, 0.15) is 0 Å². The highest BCUT2D eigenvalue weighted by Crippen LogP contribution is 2.53. The molecule has 1 aliphatic heterocycles. The standard InChI is InChI=1S/C12H10F2O4/c13-12(14)17-8-2-1-7(5-9(8)18-12)11(3-4-11)6-10(15)16/h1-2,5H,3-4,6H2,(H,15,16). The summed E-state index contributed by atoms with van der Waals surface area (Å²) in [5.41, 5.74) is 0.284. The number of carboxylic acids is 1. The maximum absolute atomic E-state index is 12.9. The number of aliphatic carboxylic acids is 1. The molecule has 1 aromatic rings. The molecule has 1 N–H and O–H groups in total. The zero-order valence-electron chi connectivity index (χ0n) is 9.28. The lowest BCUT2D eigenvalue weighted by Gasteiger charge is -2.13. The maximum Gasteiger partial charge on any atom is 0.586 e. The number of ether oxygens (including phenoxy) is 2. The van der Waals surface area contributed by atoms with Crippen LogP contribution in [0.3, 0.4) is 0 Å². The predicted molar refractivity (Wildman–Crippen MR) is 55.8 cm³/mol. The van der Waals surface area contributed by atoms with E-state index in [1.54, 1.807) is 6.07 Å². The van der Waals surface area contributed by atoms with Gasteiger partial charge in [0.25, 0.3) is 0 Å². The lowest BCUT2D eigenvalue weighted by molar-refractivity contribution is -0.286. The van der Waals surface area contributed by atoms with Crippen molar-refractivity contribution >= 4 is 5.97 Å². The molecule has 2 aliphatic rings. The number of halogens is 2. The summed E-state index contributed by atoms with van der Waals surface area (Å²) in [5.74, 6) is -0.945. The highest BCUT2D eigenvalue weighted by Gasteiger charge is 2.48. The monoisotopic (exact) mass is 256 g/mol. The summed E-state index contributed by atoms with van der Waals surface area (Å²) in [7, 11) is 0. The molecule has 0 atom stereocenters. The van der Waals surface area contributed by atoms with E-state index in [1.165, 1.54) is 12.1 Å². The normalized spacial score (nSPS) is 21.7. The molecule has 18 heavy (non-hydrogen) atoms. The van der Waals surface area contributed by atoms with Gasteiger partial charge in [-0.1, -0.05) is 6.07 Å². The van der Waals surface area contributed by atoms with Crippen LogP contribution in [0.15, 0.2) is 18.2 Å². The van der Waals surface area contributed by atoms with Gasteiger partial charge in [-0.3, -0.25) is 4.79 Å². The van der Waals surface area contributed by atoms with Gasteiger partial charge in [0, 0.05) is 5.41 Å². The number of fused-ring (bicyclic) bond motifs is 1. The molecule has 0 unspecified atom stereocenters. The second-order valence-electron chi connectivity index (χ2n) is 4.68. The average Bonchev–Trinajstić information content (AvgIpc) is 2.92. The first-order valence-corrected chi connectivity index (χ1v) is 5.52. The minimum absolute atomic E-state index is 0.00301. The van der Waals surface area contributed by atoms with Crippen molar-refractivity contribution in [2.75, 3.05) is 0 Å². The van der Waals surface area contributed by atoms with E-state index in [0.717, 1.165) is 12.8 Å². The van der Waals surface area contributed by atoms with E-state index in [0.29, 0.717) is 5.56 Å². The molecule has 3 rings (SSSR count). The Hall–Kier alpha value is -1.85. The summed E-state index contributed by atoms with van der Waals surface area (Å²) in [5, 5.41) is 8.85. The largest absolute Gasteiger partial charge is 0.586 e. The van der Waals surface area contributed by atoms with Crippen molar-refractivity contribution in [3.05, 3.63) is 23.8 Å².